The van der Waals surface area contributed by atoms with Gasteiger partial charge in [0.1, 0.15) is 5.82 Å². The van der Waals surface area contributed by atoms with Crippen LogP contribution in [0.4, 0.5) is 4.39 Å². The Labute approximate surface area is 118 Å². The molecule has 1 aromatic rings. The summed E-state index contributed by atoms with van der Waals surface area (Å²) in [6.07, 6.45) is 0.791. The first kappa shape index (κ1) is 14.3. The van der Waals surface area contributed by atoms with Crippen molar-refractivity contribution in [3.63, 3.8) is 0 Å². The normalized spacial score (nSPS) is 24.8. The number of nitrogens with zero attached hydrogens (tertiary/aromatic N) is 1. The van der Waals surface area contributed by atoms with Crippen molar-refractivity contribution in [2.45, 2.75) is 25.3 Å². The second-order valence-electron chi connectivity index (χ2n) is 5.14. The third-order valence-corrected chi connectivity index (χ3v) is 4.20. The topological polar surface area (TPSA) is 32.3 Å². The summed E-state index contributed by atoms with van der Waals surface area (Å²) in [5.41, 5.74) is 2.14. The molecule has 1 N–H and O–H groups in total. The molecule has 0 aliphatic carbocycles. The van der Waals surface area contributed by atoms with Gasteiger partial charge in [0.05, 0.1) is 11.6 Å². The number of likely N-dealkylation sites (N-methyl/N-ethyl adjacent to an activating group) is 1. The fourth-order valence-corrected chi connectivity index (χ4v) is 3.12. The smallest absolute Gasteiger partial charge is 0.257 e. The Morgan fingerprint density at radius 1 is 1.42 bits per heavy atom. The molecule has 0 saturated carbocycles. The number of hydrogen-bond donors (Lipinski definition) is 1. The molecule has 1 saturated heterocycles. The Morgan fingerprint density at radius 3 is 2.84 bits per heavy atom. The van der Waals surface area contributed by atoms with E-state index in [-0.39, 0.29) is 41.7 Å². The molecule has 1 amide bonds. The molecule has 1 aromatic carbocycles. The van der Waals surface area contributed by atoms with Gasteiger partial charge in [-0.05, 0) is 23.6 Å². The van der Waals surface area contributed by atoms with E-state index < -0.39 is 0 Å². The van der Waals surface area contributed by atoms with Crippen LogP contribution in [0.25, 0.3) is 0 Å². The highest BCUT2D eigenvalue weighted by molar-refractivity contribution is 5.97. The first-order valence-corrected chi connectivity index (χ1v) is 6.43. The number of carbonyl (C=O) groups excluding carboxylic acids is 1. The van der Waals surface area contributed by atoms with E-state index in [1.165, 1.54) is 6.07 Å². The van der Waals surface area contributed by atoms with Gasteiger partial charge in [-0.1, -0.05) is 13.0 Å². The Balaban J connectivity index is 0.00000133. The molecule has 0 radical (unpaired) electrons. The van der Waals surface area contributed by atoms with Crippen LogP contribution >= 0.6 is 12.4 Å². The molecule has 0 unspecified atom stereocenters. The summed E-state index contributed by atoms with van der Waals surface area (Å²) in [6.45, 7) is 3.62. The standard InChI is InChI=1S/C14H17FN2O.ClH/c1-3-8-4-9-10-6-16-7-12(10)17(2)14(18)13(9)11(15)5-8;/h4-5,10,12,16H,3,6-7H2,1-2H3;1H/t10-,12+;/m1./s1. The Bertz CT molecular complexity index is 520. The number of aryl methyl sites for hydroxylation is 1. The summed E-state index contributed by atoms with van der Waals surface area (Å²) in [7, 11) is 1.77. The number of carbonyl (C=O) groups is 1. The van der Waals surface area contributed by atoms with Gasteiger partial charge in [0.2, 0.25) is 0 Å². The lowest BCUT2D eigenvalue weighted by Crippen LogP contribution is -2.46. The van der Waals surface area contributed by atoms with E-state index in [9.17, 15) is 9.18 Å². The van der Waals surface area contributed by atoms with Gasteiger partial charge >= 0.3 is 0 Å². The summed E-state index contributed by atoms with van der Waals surface area (Å²) in [5, 5.41) is 3.30. The van der Waals surface area contributed by atoms with Crippen molar-refractivity contribution in [2.24, 2.45) is 0 Å². The zero-order chi connectivity index (χ0) is 12.9. The zero-order valence-electron chi connectivity index (χ0n) is 11.1. The minimum Gasteiger partial charge on any atom is -0.337 e. The van der Waals surface area contributed by atoms with Gasteiger partial charge in [-0.3, -0.25) is 4.79 Å². The maximum atomic E-state index is 14.1. The lowest BCUT2D eigenvalue weighted by atomic mass is 9.83. The van der Waals surface area contributed by atoms with Gasteiger partial charge in [-0.25, -0.2) is 4.39 Å². The van der Waals surface area contributed by atoms with Crippen molar-refractivity contribution in [2.75, 3.05) is 20.1 Å². The fraction of sp³-hybridized carbons (Fsp3) is 0.500. The minimum atomic E-state index is -0.369. The Hall–Kier alpha value is -1.13. The summed E-state index contributed by atoms with van der Waals surface area (Å²) in [4.78, 5) is 13.9. The van der Waals surface area contributed by atoms with Crippen LogP contribution in [0.15, 0.2) is 12.1 Å². The number of hydrogen-bond acceptors (Lipinski definition) is 2. The van der Waals surface area contributed by atoms with Crippen LogP contribution in [-0.2, 0) is 6.42 Å². The van der Waals surface area contributed by atoms with Gasteiger partial charge in [-0.2, -0.15) is 0 Å². The number of benzene rings is 1. The molecule has 0 spiro atoms. The van der Waals surface area contributed by atoms with Crippen molar-refractivity contribution in [1.82, 2.24) is 10.2 Å². The average molecular weight is 285 g/mol. The molecule has 0 bridgehead atoms. The van der Waals surface area contributed by atoms with Crippen molar-refractivity contribution < 1.29 is 9.18 Å². The van der Waals surface area contributed by atoms with Gasteiger partial charge in [0.25, 0.3) is 5.91 Å². The van der Waals surface area contributed by atoms with Crippen molar-refractivity contribution in [3.05, 3.63) is 34.6 Å². The summed E-state index contributed by atoms with van der Waals surface area (Å²) in [6, 6.07) is 3.66. The van der Waals surface area contributed by atoms with Crippen LogP contribution in [-0.4, -0.2) is 37.0 Å². The molecular formula is C14H18ClFN2O. The number of nitrogens with one attached hydrogen (secondary N) is 1. The lowest BCUT2D eigenvalue weighted by Gasteiger charge is -2.36. The predicted octanol–water partition coefficient (Wildman–Crippen LogP) is 1.95. The second-order valence-corrected chi connectivity index (χ2v) is 5.14. The first-order chi connectivity index (χ1) is 8.63. The SMILES string of the molecule is CCc1cc(F)c2c(c1)[C@H]1CNC[C@@H]1N(C)C2=O.Cl. The fourth-order valence-electron chi connectivity index (χ4n) is 3.12. The van der Waals surface area contributed by atoms with Crippen molar-refractivity contribution >= 4 is 18.3 Å². The van der Waals surface area contributed by atoms with Gasteiger partial charge < -0.3 is 10.2 Å². The lowest BCUT2D eigenvalue weighted by molar-refractivity contribution is 0.0700. The van der Waals surface area contributed by atoms with Gasteiger partial charge in [0.15, 0.2) is 0 Å². The Kier molecular flexibility index (Phi) is 3.83. The van der Waals surface area contributed by atoms with Gasteiger partial charge in [0, 0.05) is 26.1 Å². The summed E-state index contributed by atoms with van der Waals surface area (Å²) < 4.78 is 14.1. The first-order valence-electron chi connectivity index (χ1n) is 6.43. The highest BCUT2D eigenvalue weighted by Crippen LogP contribution is 2.36. The molecule has 1 fully saturated rings. The minimum absolute atomic E-state index is 0. The highest BCUT2D eigenvalue weighted by atomic mass is 35.5. The predicted molar refractivity (Wildman–Crippen MR) is 74.5 cm³/mol. The maximum absolute atomic E-state index is 14.1. The van der Waals surface area contributed by atoms with Crippen LogP contribution in [0, 0.1) is 5.82 Å². The third-order valence-electron chi connectivity index (χ3n) is 4.20. The summed E-state index contributed by atoms with van der Waals surface area (Å²) in [5.74, 6) is -0.328. The van der Waals surface area contributed by atoms with E-state index in [1.54, 1.807) is 11.9 Å². The number of rotatable bonds is 1. The van der Waals surface area contributed by atoms with Crippen LogP contribution in [0.5, 0.6) is 0 Å². The molecule has 0 aromatic heterocycles. The number of amides is 1. The molecule has 2 aliphatic rings. The molecule has 3 rings (SSSR count). The zero-order valence-corrected chi connectivity index (χ0v) is 11.9. The van der Waals surface area contributed by atoms with Crippen LogP contribution in [0.2, 0.25) is 0 Å². The second kappa shape index (κ2) is 5.10. The summed E-state index contributed by atoms with van der Waals surface area (Å²) >= 11 is 0. The van der Waals surface area contributed by atoms with Crippen molar-refractivity contribution in [1.29, 1.82) is 0 Å². The third kappa shape index (κ3) is 2.03. The van der Waals surface area contributed by atoms with Crippen LogP contribution in [0.1, 0.15) is 34.3 Å². The van der Waals surface area contributed by atoms with E-state index in [2.05, 4.69) is 5.32 Å². The van der Waals surface area contributed by atoms with E-state index >= 15 is 0 Å². The van der Waals surface area contributed by atoms with E-state index in [0.717, 1.165) is 30.6 Å². The highest BCUT2D eigenvalue weighted by Gasteiger charge is 2.42. The molecule has 2 atom stereocenters. The van der Waals surface area contributed by atoms with Crippen LogP contribution in [0.3, 0.4) is 0 Å². The van der Waals surface area contributed by atoms with E-state index in [1.807, 2.05) is 13.0 Å². The van der Waals surface area contributed by atoms with E-state index in [4.69, 9.17) is 0 Å². The molecular weight excluding hydrogens is 267 g/mol. The molecule has 2 heterocycles. The molecule has 3 nitrogen and oxygen atoms in total. The van der Waals surface area contributed by atoms with Crippen LogP contribution < -0.4 is 5.32 Å². The van der Waals surface area contributed by atoms with Crippen molar-refractivity contribution in [3.8, 4) is 0 Å². The molecule has 104 valence electrons. The Morgan fingerprint density at radius 2 is 2.16 bits per heavy atom. The quantitative estimate of drug-likeness (QED) is 0.855. The largest absolute Gasteiger partial charge is 0.337 e. The molecule has 19 heavy (non-hydrogen) atoms. The maximum Gasteiger partial charge on any atom is 0.257 e. The van der Waals surface area contributed by atoms with Gasteiger partial charge in [-0.15, -0.1) is 12.4 Å². The number of halogens is 2. The monoisotopic (exact) mass is 284 g/mol. The average Bonchev–Trinajstić information content (AvgIpc) is 2.84. The van der Waals surface area contributed by atoms with E-state index in [0.29, 0.717) is 0 Å². The number of fused-ring (bicyclic) bond motifs is 3. The molecule has 2 aliphatic heterocycles. The molecule has 5 heteroatoms.